The predicted molar refractivity (Wildman–Crippen MR) is 90.7 cm³/mol. The van der Waals surface area contributed by atoms with Crippen molar-refractivity contribution >= 4 is 39.1 Å². The van der Waals surface area contributed by atoms with Crippen LogP contribution in [0.15, 0.2) is 40.9 Å². The Morgan fingerprint density at radius 3 is 2.38 bits per heavy atom. The molecule has 112 valence electrons. The summed E-state index contributed by atoms with van der Waals surface area (Å²) in [7, 11) is 0. The van der Waals surface area contributed by atoms with Crippen LogP contribution in [0.2, 0.25) is 10.0 Å². The zero-order chi connectivity index (χ0) is 15.4. The van der Waals surface area contributed by atoms with E-state index >= 15 is 0 Å². The normalized spacial score (nSPS) is 12.4. The van der Waals surface area contributed by atoms with Gasteiger partial charge >= 0.3 is 0 Å². The molecule has 2 rings (SSSR count). The highest BCUT2D eigenvalue weighted by Gasteiger charge is 2.23. The van der Waals surface area contributed by atoms with Gasteiger partial charge in [-0.2, -0.15) is 0 Å². The molecule has 5 heteroatoms. The fourth-order valence-corrected chi connectivity index (χ4v) is 3.18. The molecule has 0 saturated heterocycles. The molecule has 21 heavy (non-hydrogen) atoms. The predicted octanol–water partition coefficient (Wildman–Crippen LogP) is 5.98. The summed E-state index contributed by atoms with van der Waals surface area (Å²) in [5.41, 5.74) is 1.22. The molecule has 2 aromatic carbocycles. The largest absolute Gasteiger partial charge is 0.306 e. The van der Waals surface area contributed by atoms with E-state index in [0.717, 1.165) is 13.0 Å². The van der Waals surface area contributed by atoms with Crippen molar-refractivity contribution < 1.29 is 4.39 Å². The van der Waals surface area contributed by atoms with Gasteiger partial charge in [-0.15, -0.1) is 0 Å². The first-order valence-corrected chi connectivity index (χ1v) is 8.22. The van der Waals surface area contributed by atoms with Gasteiger partial charge in [-0.25, -0.2) is 4.39 Å². The second-order valence-corrected chi connectivity index (χ2v) is 6.33. The minimum absolute atomic E-state index is 0.304. The van der Waals surface area contributed by atoms with E-state index in [1.165, 1.54) is 0 Å². The molecular formula is C16H15BrCl2FN. The van der Waals surface area contributed by atoms with Gasteiger partial charge in [0.1, 0.15) is 5.82 Å². The van der Waals surface area contributed by atoms with E-state index in [2.05, 4.69) is 28.2 Å². The van der Waals surface area contributed by atoms with Gasteiger partial charge in [0.05, 0.1) is 10.5 Å². The maximum absolute atomic E-state index is 14.5. The van der Waals surface area contributed by atoms with Crippen LogP contribution < -0.4 is 5.32 Å². The molecule has 1 unspecified atom stereocenters. The van der Waals surface area contributed by atoms with E-state index in [1.54, 1.807) is 36.4 Å². The van der Waals surface area contributed by atoms with Crippen LogP contribution in [-0.2, 0) is 0 Å². The Bertz CT molecular complexity index is 613. The number of halogens is 4. The highest BCUT2D eigenvalue weighted by atomic mass is 79.9. The molecule has 0 radical (unpaired) electrons. The van der Waals surface area contributed by atoms with Crippen molar-refractivity contribution in [2.24, 2.45) is 0 Å². The molecule has 0 spiro atoms. The van der Waals surface area contributed by atoms with Crippen LogP contribution in [0.1, 0.15) is 30.5 Å². The van der Waals surface area contributed by atoms with Crippen LogP contribution in [0.4, 0.5) is 4.39 Å². The zero-order valence-corrected chi connectivity index (χ0v) is 14.6. The van der Waals surface area contributed by atoms with Gasteiger partial charge in [0.15, 0.2) is 0 Å². The molecular weight excluding hydrogens is 376 g/mol. The molecule has 0 saturated carbocycles. The number of benzene rings is 2. The number of nitrogens with one attached hydrogen (secondary N) is 1. The summed E-state index contributed by atoms with van der Waals surface area (Å²) >= 11 is 15.8. The van der Waals surface area contributed by atoms with Crippen molar-refractivity contribution in [3.63, 3.8) is 0 Å². The molecule has 0 aromatic heterocycles. The molecule has 0 bridgehead atoms. The first kappa shape index (κ1) is 16.8. The molecule has 1 N–H and O–H groups in total. The highest BCUT2D eigenvalue weighted by molar-refractivity contribution is 9.10. The minimum Gasteiger partial charge on any atom is -0.306 e. The summed E-state index contributed by atoms with van der Waals surface area (Å²) in [5, 5.41) is 4.37. The van der Waals surface area contributed by atoms with Gasteiger partial charge < -0.3 is 5.32 Å². The van der Waals surface area contributed by atoms with Crippen LogP contribution in [0.3, 0.4) is 0 Å². The molecule has 0 heterocycles. The molecule has 0 aliphatic carbocycles. The van der Waals surface area contributed by atoms with Gasteiger partial charge in [0, 0.05) is 21.2 Å². The van der Waals surface area contributed by atoms with E-state index in [9.17, 15) is 4.39 Å². The van der Waals surface area contributed by atoms with Crippen molar-refractivity contribution in [3.05, 3.63) is 67.9 Å². The van der Waals surface area contributed by atoms with Gasteiger partial charge in [0.2, 0.25) is 0 Å². The molecule has 0 aliphatic rings. The van der Waals surface area contributed by atoms with Gasteiger partial charge in [-0.3, -0.25) is 0 Å². The third-order valence-electron chi connectivity index (χ3n) is 3.18. The maximum Gasteiger partial charge on any atom is 0.142 e. The monoisotopic (exact) mass is 389 g/mol. The van der Waals surface area contributed by atoms with Gasteiger partial charge in [0.25, 0.3) is 0 Å². The van der Waals surface area contributed by atoms with Crippen molar-refractivity contribution in [2.75, 3.05) is 6.54 Å². The Morgan fingerprint density at radius 1 is 1.14 bits per heavy atom. The third-order valence-corrected chi connectivity index (χ3v) is 4.45. The Kier molecular flexibility index (Phi) is 6.06. The van der Waals surface area contributed by atoms with Crippen LogP contribution in [-0.4, -0.2) is 6.54 Å². The number of rotatable bonds is 5. The van der Waals surface area contributed by atoms with E-state index in [4.69, 9.17) is 23.2 Å². The minimum atomic E-state index is -0.386. The van der Waals surface area contributed by atoms with Crippen molar-refractivity contribution in [1.82, 2.24) is 5.32 Å². The molecule has 0 aliphatic heterocycles. The first-order chi connectivity index (χ1) is 10.1. The van der Waals surface area contributed by atoms with Crippen molar-refractivity contribution in [1.29, 1.82) is 0 Å². The summed E-state index contributed by atoms with van der Waals surface area (Å²) < 4.78 is 14.9. The molecule has 1 nitrogen and oxygen atoms in total. The summed E-state index contributed by atoms with van der Waals surface area (Å²) in [5.74, 6) is -0.304. The lowest BCUT2D eigenvalue weighted by Gasteiger charge is -2.22. The second kappa shape index (κ2) is 7.59. The summed E-state index contributed by atoms with van der Waals surface area (Å²) in [6.45, 7) is 2.79. The van der Waals surface area contributed by atoms with Crippen LogP contribution in [0.25, 0.3) is 0 Å². The summed E-state index contributed by atoms with van der Waals surface area (Å²) in [6, 6.07) is 10.1. The number of hydrogen-bond acceptors (Lipinski definition) is 1. The average molecular weight is 391 g/mol. The Morgan fingerprint density at radius 2 is 1.76 bits per heavy atom. The smallest absolute Gasteiger partial charge is 0.142 e. The first-order valence-electron chi connectivity index (χ1n) is 6.67. The summed E-state index contributed by atoms with van der Waals surface area (Å²) in [6.07, 6.45) is 0.925. The average Bonchev–Trinajstić information content (AvgIpc) is 2.45. The standard InChI is InChI=1S/C16H15BrCl2FN/c1-2-9-21-16(10-5-3-6-11(17)15(10)20)14-12(18)7-4-8-13(14)19/h3-8,16,21H,2,9H2,1H3. The SMILES string of the molecule is CCCNC(c1cccc(Br)c1F)c1c(Cl)cccc1Cl. The third kappa shape index (κ3) is 3.78. The van der Waals surface area contributed by atoms with Crippen molar-refractivity contribution in [2.45, 2.75) is 19.4 Å². The Hall–Kier alpha value is -0.610. The molecule has 2 aromatic rings. The van der Waals surface area contributed by atoms with Crippen LogP contribution in [0, 0.1) is 5.82 Å². The van der Waals surface area contributed by atoms with Crippen LogP contribution >= 0.6 is 39.1 Å². The lowest BCUT2D eigenvalue weighted by atomic mass is 9.97. The highest BCUT2D eigenvalue weighted by Crippen LogP contribution is 2.36. The van der Waals surface area contributed by atoms with E-state index in [0.29, 0.717) is 25.6 Å². The summed E-state index contributed by atoms with van der Waals surface area (Å²) in [4.78, 5) is 0. The topological polar surface area (TPSA) is 12.0 Å². The molecule has 0 amide bonds. The van der Waals surface area contributed by atoms with Crippen LogP contribution in [0.5, 0.6) is 0 Å². The van der Waals surface area contributed by atoms with Crippen molar-refractivity contribution in [3.8, 4) is 0 Å². The van der Waals surface area contributed by atoms with Gasteiger partial charge in [-0.05, 0) is 47.1 Å². The Labute approximate surface area is 142 Å². The number of hydrogen-bond donors (Lipinski definition) is 1. The zero-order valence-electron chi connectivity index (χ0n) is 11.5. The lowest BCUT2D eigenvalue weighted by molar-refractivity contribution is 0.543. The lowest BCUT2D eigenvalue weighted by Crippen LogP contribution is -2.25. The Balaban J connectivity index is 2.55. The van der Waals surface area contributed by atoms with E-state index in [-0.39, 0.29) is 11.9 Å². The molecule has 0 fully saturated rings. The fourth-order valence-electron chi connectivity index (χ4n) is 2.19. The quantitative estimate of drug-likeness (QED) is 0.661. The fraction of sp³-hybridized carbons (Fsp3) is 0.250. The second-order valence-electron chi connectivity index (χ2n) is 4.67. The van der Waals surface area contributed by atoms with E-state index < -0.39 is 0 Å². The van der Waals surface area contributed by atoms with E-state index in [1.807, 2.05) is 0 Å². The van der Waals surface area contributed by atoms with Gasteiger partial charge in [-0.1, -0.05) is 48.3 Å². The maximum atomic E-state index is 14.5. The molecule has 1 atom stereocenters.